The summed E-state index contributed by atoms with van der Waals surface area (Å²) in [6.07, 6.45) is 2.11. The fraction of sp³-hybridized carbons (Fsp3) is 0.286. The number of nitriles is 1. The summed E-state index contributed by atoms with van der Waals surface area (Å²) in [5.74, 6) is 0.850. The van der Waals surface area contributed by atoms with E-state index < -0.39 is 0 Å². The van der Waals surface area contributed by atoms with Crippen molar-refractivity contribution in [3.63, 3.8) is 0 Å². The zero-order chi connectivity index (χ0) is 19.0. The van der Waals surface area contributed by atoms with Gasteiger partial charge in [-0.25, -0.2) is 0 Å². The molecule has 2 aliphatic heterocycles. The van der Waals surface area contributed by atoms with E-state index in [9.17, 15) is 5.26 Å². The van der Waals surface area contributed by atoms with E-state index in [1.165, 1.54) is 11.1 Å². The molecular formula is C21H21N3OS2. The van der Waals surface area contributed by atoms with Crippen LogP contribution in [-0.4, -0.2) is 24.0 Å². The van der Waals surface area contributed by atoms with E-state index in [2.05, 4.69) is 59.2 Å². The minimum absolute atomic E-state index is 0.149. The molecule has 6 heteroatoms. The van der Waals surface area contributed by atoms with Gasteiger partial charge < -0.3 is 10.5 Å². The van der Waals surface area contributed by atoms with Gasteiger partial charge in [-0.3, -0.25) is 4.90 Å². The van der Waals surface area contributed by atoms with E-state index >= 15 is 0 Å². The Bertz CT molecular complexity index is 960. The van der Waals surface area contributed by atoms with Crippen molar-refractivity contribution in [1.82, 2.24) is 4.90 Å². The monoisotopic (exact) mass is 395 g/mol. The van der Waals surface area contributed by atoms with Crippen molar-refractivity contribution in [2.75, 3.05) is 13.1 Å². The summed E-state index contributed by atoms with van der Waals surface area (Å²) < 4.78 is 5.98. The van der Waals surface area contributed by atoms with E-state index in [1.807, 2.05) is 5.38 Å². The Morgan fingerprint density at radius 2 is 2.00 bits per heavy atom. The van der Waals surface area contributed by atoms with Gasteiger partial charge in [0.25, 0.3) is 0 Å². The standard InChI is InChI=1S/C21H21N3OS2/c1-13(2)24-9-16(14-3-5-26-11-14)7-19-18(10-24)20(15-4-6-27-12-15)17(8-22)21(23)25-19/h3-7,11-13,20H,9-10,23H2,1-2H3. The topological polar surface area (TPSA) is 62.3 Å². The van der Waals surface area contributed by atoms with Crippen LogP contribution in [0.4, 0.5) is 0 Å². The third-order valence-electron chi connectivity index (χ3n) is 5.11. The van der Waals surface area contributed by atoms with Gasteiger partial charge in [0, 0.05) is 19.1 Å². The molecule has 0 amide bonds. The van der Waals surface area contributed by atoms with Crippen LogP contribution in [0.5, 0.6) is 0 Å². The minimum atomic E-state index is -0.149. The first-order valence-corrected chi connectivity index (χ1v) is 10.8. The van der Waals surface area contributed by atoms with Crippen LogP contribution in [0.2, 0.25) is 0 Å². The Labute approximate surface area is 167 Å². The molecule has 4 nitrogen and oxygen atoms in total. The van der Waals surface area contributed by atoms with E-state index in [1.54, 1.807) is 22.7 Å². The molecule has 0 bridgehead atoms. The van der Waals surface area contributed by atoms with Crippen LogP contribution in [0.15, 0.2) is 62.5 Å². The zero-order valence-electron chi connectivity index (χ0n) is 15.3. The van der Waals surface area contributed by atoms with Crippen molar-refractivity contribution < 1.29 is 4.74 Å². The number of thiophene rings is 2. The van der Waals surface area contributed by atoms with Crippen LogP contribution < -0.4 is 5.73 Å². The van der Waals surface area contributed by atoms with Crippen LogP contribution in [0.1, 0.15) is 30.9 Å². The molecule has 1 atom stereocenters. The highest BCUT2D eigenvalue weighted by Gasteiger charge is 2.35. The molecule has 0 spiro atoms. The Morgan fingerprint density at radius 1 is 1.22 bits per heavy atom. The predicted octanol–water partition coefficient (Wildman–Crippen LogP) is 4.68. The summed E-state index contributed by atoms with van der Waals surface area (Å²) in [5, 5.41) is 18.1. The van der Waals surface area contributed by atoms with E-state index in [0.717, 1.165) is 30.0 Å². The average molecular weight is 396 g/mol. The third-order valence-corrected chi connectivity index (χ3v) is 6.50. The molecule has 2 N–H and O–H groups in total. The fourth-order valence-electron chi connectivity index (χ4n) is 3.60. The molecule has 0 saturated carbocycles. The molecule has 138 valence electrons. The Balaban J connectivity index is 1.87. The number of hydrogen-bond donors (Lipinski definition) is 1. The SMILES string of the molecule is CC(C)N1CC(c2ccsc2)=CC2=C(C1)C(c1ccsc1)C(C#N)=C(N)O2. The van der Waals surface area contributed by atoms with Crippen LogP contribution in [0, 0.1) is 11.3 Å². The highest BCUT2D eigenvalue weighted by molar-refractivity contribution is 7.08. The first kappa shape index (κ1) is 18.1. The van der Waals surface area contributed by atoms with Gasteiger partial charge in [-0.1, -0.05) is 0 Å². The third kappa shape index (κ3) is 3.34. The van der Waals surface area contributed by atoms with Crippen molar-refractivity contribution in [1.29, 1.82) is 5.26 Å². The molecule has 0 radical (unpaired) electrons. The van der Waals surface area contributed by atoms with Gasteiger partial charge in [-0.05, 0) is 75.8 Å². The minimum Gasteiger partial charge on any atom is -0.440 e. The second-order valence-electron chi connectivity index (χ2n) is 7.05. The Morgan fingerprint density at radius 3 is 2.63 bits per heavy atom. The maximum Gasteiger partial charge on any atom is 0.205 e. The molecule has 4 heterocycles. The molecule has 27 heavy (non-hydrogen) atoms. The number of hydrogen-bond acceptors (Lipinski definition) is 6. The Hall–Kier alpha value is -2.33. The molecule has 2 aromatic heterocycles. The van der Waals surface area contributed by atoms with Crippen LogP contribution in [-0.2, 0) is 4.74 Å². The highest BCUT2D eigenvalue weighted by Crippen LogP contribution is 2.42. The lowest BCUT2D eigenvalue weighted by Crippen LogP contribution is -2.35. The number of ether oxygens (including phenoxy) is 1. The van der Waals surface area contributed by atoms with Gasteiger partial charge in [0.2, 0.25) is 5.88 Å². The first-order valence-electron chi connectivity index (χ1n) is 8.88. The van der Waals surface area contributed by atoms with Gasteiger partial charge in [0.15, 0.2) is 0 Å². The summed E-state index contributed by atoms with van der Waals surface area (Å²) in [6, 6.07) is 6.87. The van der Waals surface area contributed by atoms with Crippen LogP contribution in [0.3, 0.4) is 0 Å². The normalized spacial score (nSPS) is 20.8. The van der Waals surface area contributed by atoms with Crippen LogP contribution in [0.25, 0.3) is 5.57 Å². The number of nitrogens with two attached hydrogens (primary N) is 1. The molecule has 1 unspecified atom stereocenters. The van der Waals surface area contributed by atoms with Crippen molar-refractivity contribution >= 4 is 28.2 Å². The summed E-state index contributed by atoms with van der Waals surface area (Å²) >= 11 is 3.32. The lowest BCUT2D eigenvalue weighted by molar-refractivity contribution is 0.252. The molecule has 0 aliphatic carbocycles. The number of allylic oxidation sites excluding steroid dienone is 2. The second kappa shape index (κ2) is 7.35. The van der Waals surface area contributed by atoms with E-state index in [-0.39, 0.29) is 11.8 Å². The predicted molar refractivity (Wildman–Crippen MR) is 111 cm³/mol. The van der Waals surface area contributed by atoms with Gasteiger partial charge in [-0.15, -0.1) is 0 Å². The summed E-state index contributed by atoms with van der Waals surface area (Å²) in [6.45, 7) is 5.99. The van der Waals surface area contributed by atoms with Gasteiger partial charge >= 0.3 is 0 Å². The molecule has 0 saturated heterocycles. The smallest absolute Gasteiger partial charge is 0.205 e. The molecule has 0 fully saturated rings. The number of nitrogens with zero attached hydrogens (tertiary/aromatic N) is 2. The van der Waals surface area contributed by atoms with Gasteiger partial charge in [-0.2, -0.15) is 27.9 Å². The van der Waals surface area contributed by atoms with Crippen molar-refractivity contribution in [2.24, 2.45) is 5.73 Å². The maximum absolute atomic E-state index is 9.75. The zero-order valence-corrected chi connectivity index (χ0v) is 16.9. The second-order valence-corrected chi connectivity index (χ2v) is 8.61. The van der Waals surface area contributed by atoms with E-state index in [4.69, 9.17) is 10.5 Å². The first-order chi connectivity index (χ1) is 13.1. The summed E-state index contributed by atoms with van der Waals surface area (Å²) in [4.78, 5) is 2.42. The lowest BCUT2D eigenvalue weighted by atomic mass is 9.84. The lowest BCUT2D eigenvalue weighted by Gasteiger charge is -2.31. The fourth-order valence-corrected chi connectivity index (χ4v) is 4.97. The van der Waals surface area contributed by atoms with Crippen LogP contribution >= 0.6 is 22.7 Å². The maximum atomic E-state index is 9.75. The molecule has 2 aliphatic rings. The summed E-state index contributed by atoms with van der Waals surface area (Å²) in [7, 11) is 0. The molecule has 0 aromatic carbocycles. The van der Waals surface area contributed by atoms with Gasteiger partial charge in [0.05, 0.1) is 5.92 Å². The quantitative estimate of drug-likeness (QED) is 0.820. The largest absolute Gasteiger partial charge is 0.440 e. The highest BCUT2D eigenvalue weighted by atomic mass is 32.1. The van der Waals surface area contributed by atoms with Crippen molar-refractivity contribution in [3.8, 4) is 6.07 Å². The van der Waals surface area contributed by atoms with Gasteiger partial charge in [0.1, 0.15) is 17.4 Å². The van der Waals surface area contributed by atoms with Crippen molar-refractivity contribution in [2.45, 2.75) is 25.8 Å². The molecule has 2 aromatic rings. The van der Waals surface area contributed by atoms with Crippen molar-refractivity contribution in [3.05, 3.63) is 73.6 Å². The number of rotatable bonds is 3. The summed E-state index contributed by atoms with van der Waals surface area (Å²) in [5.41, 5.74) is 11.3. The Kier molecular flexibility index (Phi) is 4.92. The molecular weight excluding hydrogens is 374 g/mol. The average Bonchev–Trinajstić information content (AvgIpc) is 3.32. The molecule has 4 rings (SSSR count). The van der Waals surface area contributed by atoms with E-state index in [0.29, 0.717) is 11.6 Å².